The Kier molecular flexibility index (Phi) is 5.05. The molecular formula is C22H25N5O2. The third-order valence-corrected chi connectivity index (χ3v) is 5.48. The van der Waals surface area contributed by atoms with Crippen LogP contribution in [0, 0.1) is 0 Å². The SMILES string of the molecule is CC(C)n1c(C2CCCN(C(=O)c3ccc(C(N)=O)cn3)C2)nc2ccccc21. The summed E-state index contributed by atoms with van der Waals surface area (Å²) in [4.78, 5) is 35.1. The fraction of sp³-hybridized carbons (Fsp3) is 0.364. The van der Waals surface area contributed by atoms with Gasteiger partial charge in [-0.1, -0.05) is 12.1 Å². The highest BCUT2D eigenvalue weighted by Gasteiger charge is 2.30. The minimum absolute atomic E-state index is 0.127. The second-order valence-electron chi connectivity index (χ2n) is 7.81. The van der Waals surface area contributed by atoms with Crippen molar-refractivity contribution in [3.05, 3.63) is 59.7 Å². The van der Waals surface area contributed by atoms with Crippen molar-refractivity contribution in [1.29, 1.82) is 0 Å². The van der Waals surface area contributed by atoms with E-state index in [1.54, 1.807) is 12.1 Å². The first-order valence-corrected chi connectivity index (χ1v) is 9.97. The number of imidazole rings is 1. The lowest BCUT2D eigenvalue weighted by Gasteiger charge is -2.33. The first-order valence-electron chi connectivity index (χ1n) is 9.97. The molecule has 1 aliphatic rings. The molecule has 0 aliphatic carbocycles. The molecule has 0 spiro atoms. The number of hydrogen-bond donors (Lipinski definition) is 1. The number of nitrogens with two attached hydrogens (primary N) is 1. The van der Waals surface area contributed by atoms with E-state index < -0.39 is 5.91 Å². The lowest BCUT2D eigenvalue weighted by Crippen LogP contribution is -2.40. The van der Waals surface area contributed by atoms with E-state index in [1.165, 1.54) is 6.20 Å². The topological polar surface area (TPSA) is 94.1 Å². The molecule has 7 heteroatoms. The van der Waals surface area contributed by atoms with Gasteiger partial charge in [0, 0.05) is 31.2 Å². The van der Waals surface area contributed by atoms with Gasteiger partial charge >= 0.3 is 0 Å². The molecule has 1 unspecified atom stereocenters. The Bertz CT molecular complexity index is 1050. The molecular weight excluding hydrogens is 366 g/mol. The van der Waals surface area contributed by atoms with Crippen LogP contribution in [-0.2, 0) is 0 Å². The number of benzene rings is 1. The van der Waals surface area contributed by atoms with Crippen LogP contribution >= 0.6 is 0 Å². The summed E-state index contributed by atoms with van der Waals surface area (Å²) < 4.78 is 2.29. The number of amides is 2. The molecule has 0 radical (unpaired) electrons. The zero-order valence-electron chi connectivity index (χ0n) is 16.7. The van der Waals surface area contributed by atoms with Crippen LogP contribution in [0.15, 0.2) is 42.6 Å². The number of likely N-dealkylation sites (tertiary alicyclic amines) is 1. The molecule has 0 bridgehead atoms. The molecule has 3 aromatic rings. The highest BCUT2D eigenvalue weighted by molar-refractivity contribution is 5.95. The second kappa shape index (κ2) is 7.66. The highest BCUT2D eigenvalue weighted by atomic mass is 16.2. The van der Waals surface area contributed by atoms with Crippen LogP contribution < -0.4 is 5.73 Å². The van der Waals surface area contributed by atoms with Gasteiger partial charge in [-0.15, -0.1) is 0 Å². The van der Waals surface area contributed by atoms with Crippen LogP contribution in [-0.4, -0.2) is 44.3 Å². The van der Waals surface area contributed by atoms with Crippen molar-refractivity contribution in [2.24, 2.45) is 5.73 Å². The second-order valence-corrected chi connectivity index (χ2v) is 7.81. The predicted molar refractivity (Wildman–Crippen MR) is 111 cm³/mol. The van der Waals surface area contributed by atoms with Gasteiger partial charge in [0.1, 0.15) is 11.5 Å². The van der Waals surface area contributed by atoms with E-state index in [-0.39, 0.29) is 17.9 Å². The molecule has 29 heavy (non-hydrogen) atoms. The third-order valence-electron chi connectivity index (χ3n) is 5.48. The summed E-state index contributed by atoms with van der Waals surface area (Å²) in [5, 5.41) is 0. The number of hydrogen-bond acceptors (Lipinski definition) is 4. The fourth-order valence-electron chi connectivity index (χ4n) is 4.09. The number of carbonyl (C=O) groups is 2. The molecule has 2 amide bonds. The van der Waals surface area contributed by atoms with Crippen molar-refractivity contribution in [2.75, 3.05) is 13.1 Å². The van der Waals surface area contributed by atoms with Crippen molar-refractivity contribution in [1.82, 2.24) is 19.4 Å². The van der Waals surface area contributed by atoms with Crippen molar-refractivity contribution in [3.8, 4) is 0 Å². The maximum Gasteiger partial charge on any atom is 0.272 e. The lowest BCUT2D eigenvalue weighted by atomic mass is 9.96. The molecule has 1 saturated heterocycles. The van der Waals surface area contributed by atoms with Crippen LogP contribution in [0.3, 0.4) is 0 Å². The van der Waals surface area contributed by atoms with Gasteiger partial charge in [0.25, 0.3) is 5.91 Å². The van der Waals surface area contributed by atoms with Gasteiger partial charge in [0.05, 0.1) is 16.6 Å². The number of rotatable bonds is 4. The number of nitrogens with zero attached hydrogens (tertiary/aromatic N) is 4. The Morgan fingerprint density at radius 1 is 1.17 bits per heavy atom. The number of carbonyl (C=O) groups excluding carboxylic acids is 2. The van der Waals surface area contributed by atoms with Gasteiger partial charge in [-0.25, -0.2) is 4.98 Å². The Labute approximate surface area is 169 Å². The largest absolute Gasteiger partial charge is 0.366 e. The minimum atomic E-state index is -0.554. The number of piperidine rings is 1. The molecule has 1 fully saturated rings. The maximum atomic E-state index is 13.0. The molecule has 3 heterocycles. The standard InChI is InChI=1S/C22H25N5O2/c1-14(2)27-19-8-4-3-7-17(19)25-21(27)16-6-5-11-26(13-16)22(29)18-10-9-15(12-24-18)20(23)28/h3-4,7-10,12,14,16H,5-6,11,13H2,1-2H3,(H2,23,28). The monoisotopic (exact) mass is 391 g/mol. The summed E-state index contributed by atoms with van der Waals surface area (Å²) in [5.74, 6) is 0.531. The normalized spacial score (nSPS) is 17.1. The van der Waals surface area contributed by atoms with Crippen LogP contribution in [0.1, 0.15) is 65.3 Å². The van der Waals surface area contributed by atoms with E-state index in [4.69, 9.17) is 10.7 Å². The van der Waals surface area contributed by atoms with Gasteiger partial charge in [-0.05, 0) is 51.0 Å². The zero-order valence-corrected chi connectivity index (χ0v) is 16.7. The number of aromatic nitrogens is 3. The smallest absolute Gasteiger partial charge is 0.272 e. The first-order chi connectivity index (χ1) is 14.0. The number of para-hydroxylation sites is 2. The Morgan fingerprint density at radius 3 is 2.66 bits per heavy atom. The van der Waals surface area contributed by atoms with Gasteiger partial charge < -0.3 is 15.2 Å². The van der Waals surface area contributed by atoms with Crippen LogP contribution in [0.5, 0.6) is 0 Å². The van der Waals surface area contributed by atoms with E-state index in [9.17, 15) is 9.59 Å². The Morgan fingerprint density at radius 2 is 1.97 bits per heavy atom. The molecule has 150 valence electrons. The summed E-state index contributed by atoms with van der Waals surface area (Å²) in [6, 6.07) is 11.6. The van der Waals surface area contributed by atoms with Crippen LogP contribution in [0.25, 0.3) is 11.0 Å². The van der Waals surface area contributed by atoms with E-state index in [0.29, 0.717) is 24.3 Å². The Balaban J connectivity index is 1.60. The first kappa shape index (κ1) is 19.1. The molecule has 0 saturated carbocycles. The quantitative estimate of drug-likeness (QED) is 0.739. The van der Waals surface area contributed by atoms with Gasteiger partial charge in [-0.3, -0.25) is 14.6 Å². The van der Waals surface area contributed by atoms with Crippen molar-refractivity contribution in [2.45, 2.75) is 38.6 Å². The molecule has 2 aromatic heterocycles. The third kappa shape index (κ3) is 3.60. The summed E-state index contributed by atoms with van der Waals surface area (Å²) in [6.07, 6.45) is 3.26. The van der Waals surface area contributed by atoms with Crippen molar-refractivity contribution in [3.63, 3.8) is 0 Å². The summed E-state index contributed by atoms with van der Waals surface area (Å²) in [5.41, 5.74) is 7.99. The fourth-order valence-corrected chi connectivity index (χ4v) is 4.09. The van der Waals surface area contributed by atoms with Crippen LogP contribution in [0.4, 0.5) is 0 Å². The highest BCUT2D eigenvalue weighted by Crippen LogP contribution is 2.32. The molecule has 1 atom stereocenters. The van der Waals surface area contributed by atoms with E-state index >= 15 is 0 Å². The summed E-state index contributed by atoms with van der Waals surface area (Å²) in [6.45, 7) is 5.62. The van der Waals surface area contributed by atoms with Gasteiger partial charge in [-0.2, -0.15) is 0 Å². The van der Waals surface area contributed by atoms with Gasteiger partial charge in [0.2, 0.25) is 5.91 Å². The molecule has 1 aromatic carbocycles. The number of primary amides is 1. The molecule has 1 aliphatic heterocycles. The lowest BCUT2D eigenvalue weighted by molar-refractivity contribution is 0.0696. The average Bonchev–Trinajstić information content (AvgIpc) is 3.13. The molecule has 4 rings (SSSR count). The zero-order chi connectivity index (χ0) is 20.5. The van der Waals surface area contributed by atoms with Crippen molar-refractivity contribution >= 4 is 22.8 Å². The summed E-state index contributed by atoms with van der Waals surface area (Å²) in [7, 11) is 0. The number of pyridine rings is 1. The van der Waals surface area contributed by atoms with E-state index in [2.05, 4.69) is 29.5 Å². The summed E-state index contributed by atoms with van der Waals surface area (Å²) >= 11 is 0. The maximum absolute atomic E-state index is 13.0. The minimum Gasteiger partial charge on any atom is -0.366 e. The molecule has 7 nitrogen and oxygen atoms in total. The average molecular weight is 391 g/mol. The number of fused-ring (bicyclic) bond motifs is 1. The van der Waals surface area contributed by atoms with E-state index in [0.717, 1.165) is 29.7 Å². The van der Waals surface area contributed by atoms with Gasteiger partial charge in [0.15, 0.2) is 0 Å². The predicted octanol–water partition coefficient (Wildman–Crippen LogP) is 3.13. The van der Waals surface area contributed by atoms with E-state index in [1.807, 2.05) is 23.1 Å². The van der Waals surface area contributed by atoms with Crippen LogP contribution in [0.2, 0.25) is 0 Å². The molecule has 2 N–H and O–H groups in total. The van der Waals surface area contributed by atoms with Crippen molar-refractivity contribution < 1.29 is 9.59 Å². The Hall–Kier alpha value is -3.22.